The first kappa shape index (κ1) is 18.1. The van der Waals surface area contributed by atoms with E-state index in [9.17, 15) is 9.18 Å². The van der Waals surface area contributed by atoms with Crippen molar-refractivity contribution >= 4 is 17.2 Å². The minimum atomic E-state index is -0.267. The molecule has 0 spiro atoms. The van der Waals surface area contributed by atoms with E-state index < -0.39 is 0 Å². The van der Waals surface area contributed by atoms with Crippen LogP contribution in [0, 0.1) is 5.82 Å². The molecular formula is C23H17FN2OS. The van der Waals surface area contributed by atoms with Gasteiger partial charge >= 0.3 is 0 Å². The topological polar surface area (TPSA) is 42.0 Å². The zero-order chi connectivity index (χ0) is 19.3. The van der Waals surface area contributed by atoms with Crippen molar-refractivity contribution < 1.29 is 9.18 Å². The SMILES string of the molecule is O=C(NCc1cccnc1-c1ccsc1)c1ccc(-c2ccc(F)cc2)cc1. The van der Waals surface area contributed by atoms with Crippen molar-refractivity contribution in [3.8, 4) is 22.4 Å². The minimum Gasteiger partial charge on any atom is -0.348 e. The van der Waals surface area contributed by atoms with Gasteiger partial charge in [-0.15, -0.1) is 0 Å². The molecule has 0 fully saturated rings. The molecule has 28 heavy (non-hydrogen) atoms. The molecule has 2 heterocycles. The molecule has 5 heteroatoms. The Kier molecular flexibility index (Phi) is 5.26. The lowest BCUT2D eigenvalue weighted by Crippen LogP contribution is -2.23. The van der Waals surface area contributed by atoms with Gasteiger partial charge in [0.25, 0.3) is 5.91 Å². The third kappa shape index (κ3) is 4.00. The normalized spacial score (nSPS) is 10.6. The highest BCUT2D eigenvalue weighted by Gasteiger charge is 2.10. The van der Waals surface area contributed by atoms with E-state index in [1.54, 1.807) is 41.8 Å². The number of hydrogen-bond donors (Lipinski definition) is 1. The fourth-order valence-electron chi connectivity index (χ4n) is 2.97. The van der Waals surface area contributed by atoms with Crippen LogP contribution in [-0.4, -0.2) is 10.9 Å². The molecule has 0 radical (unpaired) electrons. The lowest BCUT2D eigenvalue weighted by molar-refractivity contribution is 0.0951. The Morgan fingerprint density at radius 3 is 2.32 bits per heavy atom. The van der Waals surface area contributed by atoms with Gasteiger partial charge in [0, 0.05) is 29.2 Å². The smallest absolute Gasteiger partial charge is 0.251 e. The van der Waals surface area contributed by atoms with Gasteiger partial charge in [0.05, 0.1) is 5.69 Å². The summed E-state index contributed by atoms with van der Waals surface area (Å²) in [5.41, 5.74) is 5.32. The van der Waals surface area contributed by atoms with E-state index in [1.807, 2.05) is 41.1 Å². The second-order valence-corrected chi connectivity index (χ2v) is 7.07. The molecule has 4 rings (SSSR count). The summed E-state index contributed by atoms with van der Waals surface area (Å²) in [7, 11) is 0. The van der Waals surface area contributed by atoms with E-state index in [0.717, 1.165) is 27.9 Å². The lowest BCUT2D eigenvalue weighted by atomic mass is 10.0. The number of rotatable bonds is 5. The molecule has 0 aliphatic rings. The van der Waals surface area contributed by atoms with Crippen LogP contribution in [0.25, 0.3) is 22.4 Å². The maximum atomic E-state index is 13.1. The number of nitrogens with zero attached hydrogens (tertiary/aromatic N) is 1. The first-order valence-electron chi connectivity index (χ1n) is 8.81. The van der Waals surface area contributed by atoms with E-state index in [2.05, 4.69) is 10.3 Å². The molecule has 0 saturated heterocycles. The molecule has 0 aliphatic heterocycles. The van der Waals surface area contributed by atoms with Crippen LogP contribution in [0.15, 0.2) is 83.7 Å². The monoisotopic (exact) mass is 388 g/mol. The fraction of sp³-hybridized carbons (Fsp3) is 0.0435. The van der Waals surface area contributed by atoms with Crippen molar-refractivity contribution in [3.63, 3.8) is 0 Å². The summed E-state index contributed by atoms with van der Waals surface area (Å²) in [6, 6.07) is 19.4. The summed E-state index contributed by atoms with van der Waals surface area (Å²) in [5, 5.41) is 7.01. The molecule has 1 amide bonds. The van der Waals surface area contributed by atoms with Crippen molar-refractivity contribution in [2.45, 2.75) is 6.54 Å². The zero-order valence-electron chi connectivity index (χ0n) is 14.9. The molecular weight excluding hydrogens is 371 g/mol. The van der Waals surface area contributed by atoms with Crippen LogP contribution in [0.3, 0.4) is 0 Å². The number of benzene rings is 2. The molecule has 4 aromatic rings. The summed E-state index contributed by atoms with van der Waals surface area (Å²) in [6.07, 6.45) is 1.76. The highest BCUT2D eigenvalue weighted by atomic mass is 32.1. The van der Waals surface area contributed by atoms with E-state index in [4.69, 9.17) is 0 Å². The lowest BCUT2D eigenvalue weighted by Gasteiger charge is -2.09. The second-order valence-electron chi connectivity index (χ2n) is 6.29. The van der Waals surface area contributed by atoms with Crippen LogP contribution >= 0.6 is 11.3 Å². The van der Waals surface area contributed by atoms with Gasteiger partial charge in [-0.25, -0.2) is 4.39 Å². The Bertz CT molecular complexity index is 1070. The summed E-state index contributed by atoms with van der Waals surface area (Å²) in [5.74, 6) is -0.414. The van der Waals surface area contributed by atoms with Crippen LogP contribution in [-0.2, 0) is 6.54 Å². The van der Waals surface area contributed by atoms with Crippen molar-refractivity contribution in [2.24, 2.45) is 0 Å². The quantitative estimate of drug-likeness (QED) is 0.487. The average molecular weight is 388 g/mol. The van der Waals surface area contributed by atoms with Gasteiger partial charge in [-0.1, -0.05) is 30.3 Å². The second kappa shape index (κ2) is 8.15. The summed E-state index contributed by atoms with van der Waals surface area (Å²) in [6.45, 7) is 0.400. The van der Waals surface area contributed by atoms with Crippen LogP contribution in [0.5, 0.6) is 0 Å². The van der Waals surface area contributed by atoms with Crippen molar-refractivity contribution in [1.29, 1.82) is 0 Å². The number of nitrogens with one attached hydrogen (secondary N) is 1. The van der Waals surface area contributed by atoms with Crippen molar-refractivity contribution in [3.05, 3.63) is 101 Å². The molecule has 0 unspecified atom stereocenters. The van der Waals surface area contributed by atoms with Gasteiger partial charge in [0.2, 0.25) is 0 Å². The molecule has 0 aliphatic carbocycles. The van der Waals surface area contributed by atoms with E-state index in [0.29, 0.717) is 12.1 Å². The highest BCUT2D eigenvalue weighted by Crippen LogP contribution is 2.24. The predicted molar refractivity (Wildman–Crippen MR) is 111 cm³/mol. The Morgan fingerprint density at radius 2 is 1.64 bits per heavy atom. The molecule has 3 nitrogen and oxygen atoms in total. The Balaban J connectivity index is 1.46. The van der Waals surface area contributed by atoms with E-state index in [1.165, 1.54) is 12.1 Å². The molecule has 0 atom stereocenters. The number of halogens is 1. The summed E-state index contributed by atoms with van der Waals surface area (Å²) in [4.78, 5) is 17.0. The molecule has 1 N–H and O–H groups in total. The van der Waals surface area contributed by atoms with Crippen LogP contribution in [0.2, 0.25) is 0 Å². The number of thiophene rings is 1. The Morgan fingerprint density at radius 1 is 0.929 bits per heavy atom. The molecule has 0 bridgehead atoms. The standard InChI is InChI=1S/C23H17FN2OS/c24-21-9-7-17(8-10-21)16-3-5-18(6-4-16)23(27)26-14-19-2-1-12-25-22(19)20-11-13-28-15-20/h1-13,15H,14H2,(H,26,27). The fourth-order valence-corrected chi connectivity index (χ4v) is 3.61. The maximum absolute atomic E-state index is 13.1. The third-order valence-electron chi connectivity index (χ3n) is 4.45. The summed E-state index contributed by atoms with van der Waals surface area (Å²) >= 11 is 1.62. The van der Waals surface area contributed by atoms with Gasteiger partial charge in [-0.2, -0.15) is 11.3 Å². The first-order valence-corrected chi connectivity index (χ1v) is 9.75. The van der Waals surface area contributed by atoms with Gasteiger partial charge in [-0.05, 0) is 58.5 Å². The highest BCUT2D eigenvalue weighted by molar-refractivity contribution is 7.08. The molecule has 0 saturated carbocycles. The number of carbonyl (C=O) groups excluding carboxylic acids is 1. The zero-order valence-corrected chi connectivity index (χ0v) is 15.7. The van der Waals surface area contributed by atoms with Crippen molar-refractivity contribution in [2.75, 3.05) is 0 Å². The number of aromatic nitrogens is 1. The van der Waals surface area contributed by atoms with E-state index in [-0.39, 0.29) is 11.7 Å². The number of carbonyl (C=O) groups is 1. The molecule has 138 valence electrons. The van der Waals surface area contributed by atoms with Gasteiger partial charge in [-0.3, -0.25) is 9.78 Å². The third-order valence-corrected chi connectivity index (χ3v) is 5.13. The van der Waals surface area contributed by atoms with Crippen LogP contribution in [0.1, 0.15) is 15.9 Å². The van der Waals surface area contributed by atoms with Crippen molar-refractivity contribution in [1.82, 2.24) is 10.3 Å². The Hall–Kier alpha value is -3.31. The largest absolute Gasteiger partial charge is 0.348 e. The predicted octanol–water partition coefficient (Wildman–Crippen LogP) is 5.55. The van der Waals surface area contributed by atoms with E-state index >= 15 is 0 Å². The van der Waals surface area contributed by atoms with Crippen LogP contribution < -0.4 is 5.32 Å². The van der Waals surface area contributed by atoms with Gasteiger partial charge in [0.15, 0.2) is 0 Å². The average Bonchev–Trinajstić information content (AvgIpc) is 3.28. The van der Waals surface area contributed by atoms with Gasteiger partial charge < -0.3 is 5.32 Å². The molecule has 2 aromatic heterocycles. The number of amides is 1. The Labute approximate surface area is 166 Å². The minimum absolute atomic E-state index is 0.147. The number of hydrogen-bond acceptors (Lipinski definition) is 3. The number of pyridine rings is 1. The first-order chi connectivity index (χ1) is 13.7. The molecule has 2 aromatic carbocycles. The summed E-state index contributed by atoms with van der Waals surface area (Å²) < 4.78 is 13.1. The van der Waals surface area contributed by atoms with Gasteiger partial charge in [0.1, 0.15) is 5.82 Å². The maximum Gasteiger partial charge on any atom is 0.251 e. The van der Waals surface area contributed by atoms with Crippen LogP contribution in [0.4, 0.5) is 4.39 Å².